The number of aryl methyl sites for hydroxylation is 1. The minimum atomic E-state index is -0.905. The van der Waals surface area contributed by atoms with E-state index in [1.165, 1.54) is 0 Å². The van der Waals surface area contributed by atoms with Crippen molar-refractivity contribution in [2.24, 2.45) is 0 Å². The van der Waals surface area contributed by atoms with Gasteiger partial charge in [0.05, 0.1) is 5.56 Å². The van der Waals surface area contributed by atoms with Crippen molar-refractivity contribution in [2.45, 2.75) is 25.8 Å². The number of nitrogens with zero attached hydrogens (tertiary/aromatic N) is 1. The second-order valence-corrected chi connectivity index (χ2v) is 5.44. The Hall–Kier alpha value is -1.23. The number of thioether (sulfide) groups is 1. The van der Waals surface area contributed by atoms with Crippen molar-refractivity contribution in [3.63, 3.8) is 0 Å². The van der Waals surface area contributed by atoms with E-state index in [-0.39, 0.29) is 0 Å². The number of anilines is 1. The summed E-state index contributed by atoms with van der Waals surface area (Å²) in [4.78, 5) is 15.3. The van der Waals surface area contributed by atoms with Gasteiger partial charge in [-0.05, 0) is 43.4 Å². The van der Waals surface area contributed by atoms with Crippen LogP contribution >= 0.6 is 11.8 Å². The van der Waals surface area contributed by atoms with Crippen LogP contribution in [0.2, 0.25) is 0 Å². The fourth-order valence-corrected chi connectivity index (χ4v) is 3.02. The minimum Gasteiger partial charge on any atom is -0.478 e. The molecule has 0 aromatic carbocycles. The third kappa shape index (κ3) is 3.36. The SMILES string of the molecule is Cc1cc(C(=O)O)cc(NC2CCSCC2)n1. The van der Waals surface area contributed by atoms with Crippen molar-refractivity contribution < 1.29 is 9.90 Å². The topological polar surface area (TPSA) is 62.2 Å². The smallest absolute Gasteiger partial charge is 0.335 e. The van der Waals surface area contributed by atoms with Crippen LogP contribution in [-0.2, 0) is 0 Å². The van der Waals surface area contributed by atoms with Crippen LogP contribution in [0.15, 0.2) is 12.1 Å². The Morgan fingerprint density at radius 3 is 2.82 bits per heavy atom. The van der Waals surface area contributed by atoms with Gasteiger partial charge in [0.1, 0.15) is 5.82 Å². The largest absolute Gasteiger partial charge is 0.478 e. The molecule has 2 heterocycles. The van der Waals surface area contributed by atoms with E-state index in [2.05, 4.69) is 10.3 Å². The summed E-state index contributed by atoms with van der Waals surface area (Å²) < 4.78 is 0. The van der Waals surface area contributed by atoms with Gasteiger partial charge in [0.15, 0.2) is 0 Å². The Bertz CT molecular complexity index is 417. The average Bonchev–Trinajstić information content (AvgIpc) is 2.29. The van der Waals surface area contributed by atoms with E-state index in [1.807, 2.05) is 18.7 Å². The summed E-state index contributed by atoms with van der Waals surface area (Å²) in [6, 6.07) is 3.62. The Balaban J connectivity index is 2.11. The number of nitrogens with one attached hydrogen (secondary N) is 1. The number of carboxylic acids is 1. The van der Waals surface area contributed by atoms with Crippen LogP contribution in [0.25, 0.3) is 0 Å². The van der Waals surface area contributed by atoms with Crippen LogP contribution in [0.4, 0.5) is 5.82 Å². The Labute approximate surface area is 105 Å². The van der Waals surface area contributed by atoms with Crippen molar-refractivity contribution in [1.82, 2.24) is 4.98 Å². The van der Waals surface area contributed by atoms with Gasteiger partial charge < -0.3 is 10.4 Å². The summed E-state index contributed by atoms with van der Waals surface area (Å²) in [5, 5.41) is 12.3. The molecule has 1 aliphatic heterocycles. The van der Waals surface area contributed by atoms with Crippen molar-refractivity contribution >= 4 is 23.5 Å². The van der Waals surface area contributed by atoms with Gasteiger partial charge in [-0.2, -0.15) is 11.8 Å². The summed E-state index contributed by atoms with van der Waals surface area (Å²) in [6.45, 7) is 1.81. The Kier molecular flexibility index (Phi) is 3.89. The lowest BCUT2D eigenvalue weighted by Gasteiger charge is -2.23. The predicted octanol–water partition coefficient (Wildman–Crippen LogP) is 2.40. The monoisotopic (exact) mass is 252 g/mol. The van der Waals surface area contributed by atoms with Gasteiger partial charge in [-0.15, -0.1) is 0 Å². The number of aromatic nitrogens is 1. The number of carboxylic acid groups (broad SMARTS) is 1. The minimum absolute atomic E-state index is 0.296. The van der Waals surface area contributed by atoms with Gasteiger partial charge in [0, 0.05) is 11.7 Å². The molecule has 1 aromatic rings. The molecule has 1 saturated heterocycles. The molecule has 1 aliphatic rings. The molecule has 1 aromatic heterocycles. The molecule has 1 fully saturated rings. The van der Waals surface area contributed by atoms with Crippen molar-refractivity contribution in [1.29, 1.82) is 0 Å². The highest BCUT2D eigenvalue weighted by atomic mass is 32.2. The number of pyridine rings is 1. The van der Waals surface area contributed by atoms with E-state index in [1.54, 1.807) is 12.1 Å². The molecule has 0 atom stereocenters. The number of hydrogen-bond acceptors (Lipinski definition) is 4. The zero-order valence-electron chi connectivity index (χ0n) is 9.77. The summed E-state index contributed by atoms with van der Waals surface area (Å²) in [5.41, 5.74) is 1.03. The molecule has 0 bridgehead atoms. The van der Waals surface area contributed by atoms with E-state index in [0.717, 1.165) is 30.0 Å². The van der Waals surface area contributed by atoms with Crippen LogP contribution < -0.4 is 5.32 Å². The van der Waals surface area contributed by atoms with Gasteiger partial charge in [0.25, 0.3) is 0 Å². The van der Waals surface area contributed by atoms with Gasteiger partial charge >= 0.3 is 5.97 Å². The lowest BCUT2D eigenvalue weighted by atomic mass is 10.1. The molecule has 0 amide bonds. The highest BCUT2D eigenvalue weighted by molar-refractivity contribution is 7.99. The zero-order valence-corrected chi connectivity index (χ0v) is 10.6. The molecule has 0 saturated carbocycles. The molecule has 0 radical (unpaired) electrons. The van der Waals surface area contributed by atoms with E-state index >= 15 is 0 Å². The third-order valence-electron chi connectivity index (χ3n) is 2.77. The molecular formula is C12H16N2O2S. The van der Waals surface area contributed by atoms with Crippen molar-refractivity contribution in [3.05, 3.63) is 23.4 Å². The number of hydrogen-bond donors (Lipinski definition) is 2. The first kappa shape index (κ1) is 12.2. The standard InChI is InChI=1S/C12H16N2O2S/c1-8-6-9(12(15)16)7-11(13-8)14-10-2-4-17-5-3-10/h6-7,10H,2-5H2,1H3,(H,13,14)(H,15,16). The van der Waals surface area contributed by atoms with Gasteiger partial charge in [-0.1, -0.05) is 0 Å². The highest BCUT2D eigenvalue weighted by Crippen LogP contribution is 2.20. The van der Waals surface area contributed by atoms with Crippen LogP contribution in [-0.4, -0.2) is 33.6 Å². The summed E-state index contributed by atoms with van der Waals surface area (Å²) in [7, 11) is 0. The summed E-state index contributed by atoms with van der Waals surface area (Å²) in [5.74, 6) is 2.10. The fourth-order valence-electron chi connectivity index (χ4n) is 1.92. The summed E-state index contributed by atoms with van der Waals surface area (Å²) >= 11 is 1.97. The van der Waals surface area contributed by atoms with Crippen LogP contribution in [0.1, 0.15) is 28.9 Å². The maximum absolute atomic E-state index is 10.9. The fraction of sp³-hybridized carbons (Fsp3) is 0.500. The van der Waals surface area contributed by atoms with E-state index in [9.17, 15) is 4.79 Å². The molecule has 0 spiro atoms. The maximum Gasteiger partial charge on any atom is 0.335 e. The van der Waals surface area contributed by atoms with Gasteiger partial charge in [-0.3, -0.25) is 0 Å². The van der Waals surface area contributed by atoms with E-state index in [0.29, 0.717) is 17.4 Å². The molecule has 17 heavy (non-hydrogen) atoms. The molecule has 5 heteroatoms. The second-order valence-electron chi connectivity index (χ2n) is 4.22. The summed E-state index contributed by atoms with van der Waals surface area (Å²) in [6.07, 6.45) is 2.23. The highest BCUT2D eigenvalue weighted by Gasteiger charge is 2.15. The molecular weight excluding hydrogens is 236 g/mol. The lowest BCUT2D eigenvalue weighted by Crippen LogP contribution is -2.25. The molecule has 2 N–H and O–H groups in total. The molecule has 2 rings (SSSR count). The van der Waals surface area contributed by atoms with Crippen molar-refractivity contribution in [2.75, 3.05) is 16.8 Å². The van der Waals surface area contributed by atoms with Crippen LogP contribution in [0.5, 0.6) is 0 Å². The number of rotatable bonds is 3. The average molecular weight is 252 g/mol. The maximum atomic E-state index is 10.9. The first-order chi connectivity index (χ1) is 8.15. The Morgan fingerprint density at radius 1 is 1.47 bits per heavy atom. The first-order valence-corrected chi connectivity index (χ1v) is 6.87. The third-order valence-corrected chi connectivity index (χ3v) is 3.82. The molecule has 92 valence electrons. The molecule has 4 nitrogen and oxygen atoms in total. The first-order valence-electron chi connectivity index (χ1n) is 5.71. The van der Waals surface area contributed by atoms with E-state index in [4.69, 9.17) is 5.11 Å². The predicted molar refractivity (Wildman–Crippen MR) is 69.9 cm³/mol. The Morgan fingerprint density at radius 2 is 2.18 bits per heavy atom. The quantitative estimate of drug-likeness (QED) is 0.865. The van der Waals surface area contributed by atoms with Crippen molar-refractivity contribution in [3.8, 4) is 0 Å². The lowest BCUT2D eigenvalue weighted by molar-refractivity contribution is 0.0696. The molecule has 0 unspecified atom stereocenters. The second kappa shape index (κ2) is 5.40. The van der Waals surface area contributed by atoms with Crippen LogP contribution in [0.3, 0.4) is 0 Å². The zero-order chi connectivity index (χ0) is 12.3. The van der Waals surface area contributed by atoms with Crippen LogP contribution in [0, 0.1) is 6.92 Å². The van der Waals surface area contributed by atoms with Gasteiger partial charge in [-0.25, -0.2) is 9.78 Å². The van der Waals surface area contributed by atoms with E-state index < -0.39 is 5.97 Å². The number of aromatic carboxylic acids is 1. The van der Waals surface area contributed by atoms with Gasteiger partial charge in [0.2, 0.25) is 0 Å². The molecule has 0 aliphatic carbocycles. The number of carbonyl (C=O) groups is 1. The normalized spacial score (nSPS) is 16.8.